The molecule has 1 aromatic rings. The highest BCUT2D eigenvalue weighted by molar-refractivity contribution is 5.78. The lowest BCUT2D eigenvalue weighted by atomic mass is 10.0. The van der Waals surface area contributed by atoms with Crippen LogP contribution in [0.25, 0.3) is 0 Å². The minimum Gasteiger partial charge on any atom is -0.459 e. The van der Waals surface area contributed by atoms with Crippen LogP contribution < -0.4 is 15.2 Å². The third-order valence-electron chi connectivity index (χ3n) is 7.03. The minimum atomic E-state index is -1.02. The Morgan fingerprint density at radius 2 is 1.25 bits per heavy atom. The first-order valence-electron chi connectivity index (χ1n) is 14.5. The summed E-state index contributed by atoms with van der Waals surface area (Å²) in [6.45, 7) is 15.0. The molecule has 0 aromatic heterocycles. The van der Waals surface area contributed by atoms with Crippen molar-refractivity contribution in [3.8, 4) is 11.5 Å². The fraction of sp³-hybridized carbons (Fsp3) is 0.677. The van der Waals surface area contributed by atoms with E-state index in [0.29, 0.717) is 5.56 Å². The van der Waals surface area contributed by atoms with Gasteiger partial charge in [-0.1, -0.05) is 66.9 Å². The van der Waals surface area contributed by atoms with Crippen LogP contribution in [0, 0.1) is 17.8 Å². The Morgan fingerprint density at radius 1 is 0.750 bits per heavy atom. The molecule has 9 heteroatoms. The van der Waals surface area contributed by atoms with E-state index in [4.69, 9.17) is 24.7 Å². The Kier molecular flexibility index (Phi) is 15.5. The van der Waals surface area contributed by atoms with Crippen LogP contribution in [0.1, 0.15) is 99.5 Å². The van der Waals surface area contributed by atoms with Gasteiger partial charge in [0.25, 0.3) is 0 Å². The third-order valence-corrected chi connectivity index (χ3v) is 7.03. The largest absolute Gasteiger partial charge is 0.459 e. The molecule has 1 aromatic carbocycles. The third kappa shape index (κ3) is 12.5. The van der Waals surface area contributed by atoms with E-state index in [2.05, 4.69) is 0 Å². The van der Waals surface area contributed by atoms with Gasteiger partial charge >= 0.3 is 23.9 Å². The van der Waals surface area contributed by atoms with Gasteiger partial charge in [-0.15, -0.1) is 0 Å². The van der Waals surface area contributed by atoms with Crippen LogP contribution in [-0.2, 0) is 35.1 Å². The first kappa shape index (κ1) is 35.1. The number of carbonyl (C=O) groups excluding carboxylic acids is 4. The Morgan fingerprint density at radius 3 is 1.75 bits per heavy atom. The number of ether oxygens (including phenoxy) is 4. The predicted octanol–water partition coefficient (Wildman–Crippen LogP) is 5.54. The first-order chi connectivity index (χ1) is 18.8. The molecule has 0 amide bonds. The molecule has 9 nitrogen and oxygen atoms in total. The lowest BCUT2D eigenvalue weighted by Gasteiger charge is -2.23. The van der Waals surface area contributed by atoms with E-state index in [0.717, 1.165) is 25.7 Å². The smallest absolute Gasteiger partial charge is 0.323 e. The molecule has 6 atom stereocenters. The number of hydrogen-bond acceptors (Lipinski definition) is 9. The van der Waals surface area contributed by atoms with E-state index in [1.807, 2.05) is 34.6 Å². The number of benzene rings is 1. The van der Waals surface area contributed by atoms with Crippen molar-refractivity contribution < 1.29 is 38.1 Å². The molecule has 0 aliphatic rings. The second-order valence-corrected chi connectivity index (χ2v) is 10.9. The highest BCUT2D eigenvalue weighted by Crippen LogP contribution is 2.31. The molecule has 0 aliphatic carbocycles. The minimum absolute atomic E-state index is 0.0876. The molecule has 2 N–H and O–H groups in total. The van der Waals surface area contributed by atoms with Crippen molar-refractivity contribution in [2.75, 3.05) is 0 Å². The SMILES string of the molecule is CCCC(C)C(=O)O[C@@H](C)[C@H](C)OC(=O)[C@@H](N)Cc1ccc(OC(=O)CC(C)CC)c(OC(=O)CC(C)CC)c1. The van der Waals surface area contributed by atoms with Gasteiger partial charge < -0.3 is 24.7 Å². The Bertz CT molecular complexity index is 978. The van der Waals surface area contributed by atoms with Gasteiger partial charge in [0.2, 0.25) is 0 Å². The Balaban J connectivity index is 2.94. The molecule has 226 valence electrons. The Labute approximate surface area is 239 Å². The molecule has 0 bridgehead atoms. The number of nitrogens with two attached hydrogens (primary N) is 1. The van der Waals surface area contributed by atoms with E-state index < -0.39 is 36.2 Å². The molecule has 1 rings (SSSR count). The predicted molar refractivity (Wildman–Crippen MR) is 153 cm³/mol. The van der Waals surface area contributed by atoms with Crippen molar-refractivity contribution in [2.45, 2.75) is 119 Å². The van der Waals surface area contributed by atoms with E-state index in [-0.39, 0.29) is 54.5 Å². The van der Waals surface area contributed by atoms with Crippen molar-refractivity contribution >= 4 is 23.9 Å². The van der Waals surface area contributed by atoms with Crippen LogP contribution in [0.2, 0.25) is 0 Å². The molecule has 0 radical (unpaired) electrons. The number of hydrogen-bond donors (Lipinski definition) is 1. The summed E-state index contributed by atoms with van der Waals surface area (Å²) in [6, 6.07) is 3.73. The number of carbonyl (C=O) groups is 4. The van der Waals surface area contributed by atoms with Gasteiger partial charge in [-0.3, -0.25) is 19.2 Å². The van der Waals surface area contributed by atoms with Crippen molar-refractivity contribution in [1.29, 1.82) is 0 Å². The van der Waals surface area contributed by atoms with Gasteiger partial charge in [0.15, 0.2) is 11.5 Å². The zero-order valence-electron chi connectivity index (χ0n) is 25.5. The summed E-state index contributed by atoms with van der Waals surface area (Å²) in [5.74, 6) is -1.57. The van der Waals surface area contributed by atoms with E-state index in [9.17, 15) is 19.2 Å². The van der Waals surface area contributed by atoms with Crippen LogP contribution in [0.15, 0.2) is 18.2 Å². The summed E-state index contributed by atoms with van der Waals surface area (Å²) in [4.78, 5) is 49.8. The highest BCUT2D eigenvalue weighted by Gasteiger charge is 2.26. The topological polar surface area (TPSA) is 131 Å². The summed E-state index contributed by atoms with van der Waals surface area (Å²) in [5.41, 5.74) is 6.73. The first-order valence-corrected chi connectivity index (χ1v) is 14.5. The molecular formula is C31H49NO8. The summed E-state index contributed by atoms with van der Waals surface area (Å²) in [5, 5.41) is 0. The molecule has 0 spiro atoms. The van der Waals surface area contributed by atoms with Gasteiger partial charge in [-0.25, -0.2) is 0 Å². The van der Waals surface area contributed by atoms with Crippen LogP contribution in [-0.4, -0.2) is 42.1 Å². The molecule has 0 aliphatic heterocycles. The molecule has 0 heterocycles. The number of esters is 4. The molecule has 0 fully saturated rings. The molecule has 0 saturated heterocycles. The van der Waals surface area contributed by atoms with Crippen LogP contribution in [0.5, 0.6) is 11.5 Å². The molecule has 40 heavy (non-hydrogen) atoms. The maximum Gasteiger partial charge on any atom is 0.323 e. The maximum atomic E-state index is 12.7. The van der Waals surface area contributed by atoms with Crippen molar-refractivity contribution in [1.82, 2.24) is 0 Å². The van der Waals surface area contributed by atoms with Crippen molar-refractivity contribution in [2.24, 2.45) is 23.5 Å². The molecular weight excluding hydrogens is 514 g/mol. The summed E-state index contributed by atoms with van der Waals surface area (Å²) >= 11 is 0. The summed E-state index contributed by atoms with van der Waals surface area (Å²) in [7, 11) is 0. The summed E-state index contributed by atoms with van der Waals surface area (Å²) < 4.78 is 22.0. The van der Waals surface area contributed by atoms with Crippen LogP contribution >= 0.6 is 0 Å². The van der Waals surface area contributed by atoms with Crippen molar-refractivity contribution in [3.63, 3.8) is 0 Å². The maximum absolute atomic E-state index is 12.7. The van der Waals surface area contributed by atoms with E-state index in [1.54, 1.807) is 32.9 Å². The van der Waals surface area contributed by atoms with Gasteiger partial charge in [-0.05, 0) is 56.2 Å². The van der Waals surface area contributed by atoms with Gasteiger partial charge in [0, 0.05) is 12.8 Å². The van der Waals surface area contributed by atoms with Gasteiger partial charge in [0.05, 0.1) is 5.92 Å². The average Bonchev–Trinajstić information content (AvgIpc) is 2.89. The second kappa shape index (κ2) is 17.7. The quantitative estimate of drug-likeness (QED) is 0.192. The van der Waals surface area contributed by atoms with E-state index >= 15 is 0 Å². The van der Waals surface area contributed by atoms with Gasteiger partial charge in [-0.2, -0.15) is 0 Å². The lowest BCUT2D eigenvalue weighted by molar-refractivity contribution is -0.168. The van der Waals surface area contributed by atoms with Crippen molar-refractivity contribution in [3.05, 3.63) is 23.8 Å². The van der Waals surface area contributed by atoms with Crippen LogP contribution in [0.3, 0.4) is 0 Å². The fourth-order valence-electron chi connectivity index (χ4n) is 3.68. The Hall–Kier alpha value is -2.94. The average molecular weight is 564 g/mol. The number of rotatable bonds is 17. The lowest BCUT2D eigenvalue weighted by Crippen LogP contribution is -2.40. The summed E-state index contributed by atoms with van der Waals surface area (Å²) in [6.07, 6.45) is 2.44. The fourth-order valence-corrected chi connectivity index (χ4v) is 3.68. The monoisotopic (exact) mass is 563 g/mol. The highest BCUT2D eigenvalue weighted by atomic mass is 16.6. The molecule has 3 unspecified atom stereocenters. The zero-order chi connectivity index (χ0) is 30.4. The van der Waals surface area contributed by atoms with Gasteiger partial charge in [0.1, 0.15) is 18.2 Å². The molecule has 0 saturated carbocycles. The van der Waals surface area contributed by atoms with Crippen LogP contribution in [0.4, 0.5) is 0 Å². The normalized spacial score (nSPS) is 15.6. The zero-order valence-corrected chi connectivity index (χ0v) is 25.5. The standard InChI is InChI=1S/C31H49NO8/c1-9-12-21(6)30(35)37-22(7)23(8)38-31(36)25(32)17-24-13-14-26(39-28(33)15-19(4)10-2)27(18-24)40-29(34)16-20(5)11-3/h13-14,18-23,25H,9-12,15-17,32H2,1-8H3/t19?,20?,21?,22-,23-,25-/m0/s1. The second-order valence-electron chi connectivity index (χ2n) is 10.9. The van der Waals surface area contributed by atoms with E-state index in [1.165, 1.54) is 6.07 Å².